The summed E-state index contributed by atoms with van der Waals surface area (Å²) in [7, 11) is 1.89. The maximum absolute atomic E-state index is 12.2. The van der Waals surface area contributed by atoms with Crippen molar-refractivity contribution in [1.29, 1.82) is 0 Å². The molecule has 3 N–H and O–H groups in total. The molecule has 1 aliphatic rings. The highest BCUT2D eigenvalue weighted by atomic mass is 16.2. The van der Waals surface area contributed by atoms with Gasteiger partial charge in [0.1, 0.15) is 0 Å². The summed E-state index contributed by atoms with van der Waals surface area (Å²) in [5, 5.41) is 5.93. The van der Waals surface area contributed by atoms with Crippen molar-refractivity contribution in [2.75, 3.05) is 20.1 Å². The first-order chi connectivity index (χ1) is 10.7. The molecule has 0 aromatic rings. The Hall–Kier alpha value is -1.36. The lowest BCUT2D eigenvalue weighted by Crippen LogP contribution is -3.15. The predicted octanol–water partition coefficient (Wildman–Crippen LogP) is 0.811. The molecule has 1 rings (SSSR count). The van der Waals surface area contributed by atoms with E-state index in [4.69, 9.17) is 0 Å². The number of likely N-dealkylation sites (N-methyl/N-ethyl adjacent to an activating group) is 1. The number of rotatable bonds is 7. The predicted molar refractivity (Wildman–Crippen MR) is 93.3 cm³/mol. The third-order valence-electron chi connectivity index (χ3n) is 4.22. The van der Waals surface area contributed by atoms with Gasteiger partial charge in [0.25, 0.3) is 11.8 Å². The van der Waals surface area contributed by atoms with Gasteiger partial charge in [-0.15, -0.1) is 0 Å². The Kier molecular flexibility index (Phi) is 7.76. The highest BCUT2D eigenvalue weighted by Crippen LogP contribution is 2.19. The Morgan fingerprint density at radius 2 is 2.00 bits per heavy atom. The van der Waals surface area contributed by atoms with E-state index in [1.165, 1.54) is 31.3 Å². The lowest BCUT2D eigenvalue weighted by molar-refractivity contribution is -0.886. The zero-order chi connectivity index (χ0) is 17.5. The molecule has 23 heavy (non-hydrogen) atoms. The molecule has 1 aliphatic carbocycles. The monoisotopic (exact) mass is 324 g/mol. The standard InChI is InChI=1S/C18H33N3O2/c1-14(21(5)13-16(22)20-18(2,3)4)17(23)19-12-11-15-9-7-6-8-10-15/h9,14H,6-8,10-13H2,1-5H3,(H,19,23)(H,20,22)/p+1/t14-/m0/s1. The first kappa shape index (κ1) is 19.7. The third-order valence-corrected chi connectivity index (χ3v) is 4.22. The van der Waals surface area contributed by atoms with Crippen LogP contribution in [-0.2, 0) is 9.59 Å². The number of quaternary nitrogens is 1. The van der Waals surface area contributed by atoms with Crippen LogP contribution >= 0.6 is 0 Å². The molecule has 0 heterocycles. The van der Waals surface area contributed by atoms with Crippen LogP contribution in [0, 0.1) is 0 Å². The number of hydrogen-bond acceptors (Lipinski definition) is 2. The fourth-order valence-corrected chi connectivity index (χ4v) is 2.72. The molecule has 0 aliphatic heterocycles. The van der Waals surface area contributed by atoms with E-state index < -0.39 is 0 Å². The zero-order valence-corrected chi connectivity index (χ0v) is 15.4. The highest BCUT2D eigenvalue weighted by molar-refractivity contribution is 5.81. The maximum Gasteiger partial charge on any atom is 0.278 e. The van der Waals surface area contributed by atoms with Crippen molar-refractivity contribution in [2.24, 2.45) is 0 Å². The zero-order valence-electron chi connectivity index (χ0n) is 15.4. The fraction of sp³-hybridized carbons (Fsp3) is 0.778. The van der Waals surface area contributed by atoms with Gasteiger partial charge in [-0.3, -0.25) is 9.59 Å². The van der Waals surface area contributed by atoms with Gasteiger partial charge in [-0.05, 0) is 59.8 Å². The average Bonchev–Trinajstić information content (AvgIpc) is 2.45. The van der Waals surface area contributed by atoms with E-state index in [0.717, 1.165) is 11.3 Å². The van der Waals surface area contributed by atoms with Gasteiger partial charge >= 0.3 is 0 Å². The highest BCUT2D eigenvalue weighted by Gasteiger charge is 2.25. The van der Waals surface area contributed by atoms with Crippen molar-refractivity contribution in [2.45, 2.75) is 71.4 Å². The molecule has 0 aromatic carbocycles. The summed E-state index contributed by atoms with van der Waals surface area (Å²) in [6.07, 6.45) is 8.16. The minimum Gasteiger partial charge on any atom is -0.351 e. The van der Waals surface area contributed by atoms with E-state index in [1.54, 1.807) is 0 Å². The topological polar surface area (TPSA) is 62.6 Å². The Bertz CT molecular complexity index is 438. The van der Waals surface area contributed by atoms with Gasteiger partial charge in [-0.1, -0.05) is 11.6 Å². The van der Waals surface area contributed by atoms with Crippen LogP contribution in [0.2, 0.25) is 0 Å². The normalized spacial score (nSPS) is 17.9. The number of carbonyl (C=O) groups is 2. The van der Waals surface area contributed by atoms with Crippen molar-refractivity contribution in [3.8, 4) is 0 Å². The van der Waals surface area contributed by atoms with E-state index in [9.17, 15) is 9.59 Å². The SMILES string of the molecule is C[C@@H](C(=O)NCCC1=CCCCC1)[NH+](C)CC(=O)NC(C)(C)C. The Balaban J connectivity index is 2.31. The third kappa shape index (κ3) is 8.16. The quantitative estimate of drug-likeness (QED) is 0.607. The van der Waals surface area contributed by atoms with Crippen LogP contribution in [0.15, 0.2) is 11.6 Å². The minimum absolute atomic E-state index is 0.0162. The molecule has 132 valence electrons. The van der Waals surface area contributed by atoms with Gasteiger partial charge in [0.2, 0.25) is 0 Å². The average molecular weight is 324 g/mol. The first-order valence-corrected chi connectivity index (χ1v) is 8.78. The molecule has 0 aromatic heterocycles. The number of hydrogen-bond donors (Lipinski definition) is 3. The molecule has 0 spiro atoms. The summed E-state index contributed by atoms with van der Waals surface area (Å²) in [5.41, 5.74) is 1.23. The first-order valence-electron chi connectivity index (χ1n) is 8.78. The second-order valence-electron chi connectivity index (χ2n) is 7.69. The van der Waals surface area contributed by atoms with Crippen molar-refractivity contribution in [3.63, 3.8) is 0 Å². The van der Waals surface area contributed by atoms with Crippen molar-refractivity contribution in [1.82, 2.24) is 10.6 Å². The van der Waals surface area contributed by atoms with Crippen LogP contribution in [0.1, 0.15) is 59.8 Å². The lowest BCUT2D eigenvalue weighted by Gasteiger charge is -2.24. The second kappa shape index (κ2) is 9.06. The Morgan fingerprint density at radius 1 is 1.30 bits per heavy atom. The maximum atomic E-state index is 12.2. The molecule has 2 amide bonds. The summed E-state index contributed by atoms with van der Waals surface area (Å²) in [4.78, 5) is 25.1. The largest absolute Gasteiger partial charge is 0.351 e. The molecule has 0 radical (unpaired) electrons. The summed E-state index contributed by atoms with van der Waals surface area (Å²) in [6.45, 7) is 8.73. The van der Waals surface area contributed by atoms with Crippen LogP contribution in [0.25, 0.3) is 0 Å². The van der Waals surface area contributed by atoms with Crippen LogP contribution < -0.4 is 15.5 Å². The van der Waals surface area contributed by atoms with Gasteiger partial charge in [0, 0.05) is 12.1 Å². The van der Waals surface area contributed by atoms with E-state index in [2.05, 4.69) is 16.7 Å². The van der Waals surface area contributed by atoms with E-state index in [-0.39, 0.29) is 23.4 Å². The Morgan fingerprint density at radius 3 is 2.57 bits per heavy atom. The van der Waals surface area contributed by atoms with Crippen molar-refractivity contribution >= 4 is 11.8 Å². The minimum atomic E-state index is -0.240. The molecular weight excluding hydrogens is 290 g/mol. The molecule has 0 saturated carbocycles. The molecule has 5 heteroatoms. The summed E-state index contributed by atoms with van der Waals surface area (Å²) < 4.78 is 0. The number of allylic oxidation sites excluding steroid dienone is 1. The molecule has 2 atom stereocenters. The number of amides is 2. The van der Waals surface area contributed by atoms with Gasteiger partial charge in [0.15, 0.2) is 12.6 Å². The number of nitrogens with one attached hydrogen (secondary N) is 3. The van der Waals surface area contributed by atoms with E-state index >= 15 is 0 Å². The van der Waals surface area contributed by atoms with Crippen LogP contribution in [0.5, 0.6) is 0 Å². The molecule has 1 unspecified atom stereocenters. The molecular formula is C18H34N3O2+. The Labute approximate surface area is 140 Å². The van der Waals surface area contributed by atoms with Crippen LogP contribution in [0.4, 0.5) is 0 Å². The van der Waals surface area contributed by atoms with Crippen molar-refractivity contribution in [3.05, 3.63) is 11.6 Å². The lowest BCUT2D eigenvalue weighted by atomic mass is 9.97. The number of carbonyl (C=O) groups excluding carboxylic acids is 2. The molecule has 0 fully saturated rings. The smallest absolute Gasteiger partial charge is 0.278 e. The van der Waals surface area contributed by atoms with Gasteiger partial charge < -0.3 is 15.5 Å². The molecule has 5 nitrogen and oxygen atoms in total. The molecule has 0 bridgehead atoms. The van der Waals surface area contributed by atoms with E-state index in [1.807, 2.05) is 34.7 Å². The van der Waals surface area contributed by atoms with Gasteiger partial charge in [-0.25, -0.2) is 0 Å². The summed E-state index contributed by atoms with van der Waals surface area (Å²) in [5.74, 6) is -0.00974. The van der Waals surface area contributed by atoms with Crippen LogP contribution in [0.3, 0.4) is 0 Å². The van der Waals surface area contributed by atoms with Crippen LogP contribution in [-0.4, -0.2) is 43.5 Å². The van der Waals surface area contributed by atoms with Gasteiger partial charge in [0.05, 0.1) is 7.05 Å². The summed E-state index contributed by atoms with van der Waals surface area (Å²) >= 11 is 0. The second-order valence-corrected chi connectivity index (χ2v) is 7.69. The molecule has 0 saturated heterocycles. The van der Waals surface area contributed by atoms with E-state index in [0.29, 0.717) is 13.1 Å². The van der Waals surface area contributed by atoms with Crippen molar-refractivity contribution < 1.29 is 14.5 Å². The summed E-state index contributed by atoms with van der Waals surface area (Å²) in [6, 6.07) is -0.235. The fourth-order valence-electron chi connectivity index (χ4n) is 2.72. The van der Waals surface area contributed by atoms with Gasteiger partial charge in [-0.2, -0.15) is 0 Å².